The van der Waals surface area contributed by atoms with Crippen LogP contribution in [-0.4, -0.2) is 28.2 Å². The molecule has 4 aliphatic rings. The van der Waals surface area contributed by atoms with Crippen LogP contribution in [0.1, 0.15) is 65.2 Å². The van der Waals surface area contributed by atoms with Crippen molar-refractivity contribution in [3.05, 3.63) is 0 Å². The molecule has 0 bridgehead atoms. The lowest BCUT2D eigenvalue weighted by Crippen LogP contribution is -2.58. The van der Waals surface area contributed by atoms with E-state index in [9.17, 15) is 15.0 Å². The average Bonchev–Trinajstić information content (AvgIpc) is 2.74. The maximum Gasteiger partial charge on any atom is 0.137 e. The lowest BCUT2D eigenvalue weighted by Gasteiger charge is -2.59. The summed E-state index contributed by atoms with van der Waals surface area (Å²) < 4.78 is 0. The zero-order valence-electron chi connectivity index (χ0n) is 13.9. The molecule has 4 saturated carbocycles. The summed E-state index contributed by atoms with van der Waals surface area (Å²) in [5, 5.41) is 20.6. The van der Waals surface area contributed by atoms with Gasteiger partial charge >= 0.3 is 0 Å². The molecule has 0 radical (unpaired) electrons. The van der Waals surface area contributed by atoms with Crippen LogP contribution in [0.2, 0.25) is 0 Å². The van der Waals surface area contributed by atoms with E-state index < -0.39 is 0 Å². The van der Waals surface area contributed by atoms with Gasteiger partial charge < -0.3 is 10.2 Å². The van der Waals surface area contributed by atoms with Crippen molar-refractivity contribution in [1.29, 1.82) is 0 Å². The molecule has 4 fully saturated rings. The minimum Gasteiger partial charge on any atom is -0.393 e. The third-order valence-corrected chi connectivity index (χ3v) is 8.11. The van der Waals surface area contributed by atoms with Crippen molar-refractivity contribution >= 4 is 5.78 Å². The van der Waals surface area contributed by atoms with Crippen molar-refractivity contribution in [2.45, 2.75) is 77.4 Å². The van der Waals surface area contributed by atoms with Gasteiger partial charge in [0.15, 0.2) is 0 Å². The second-order valence-corrected chi connectivity index (χ2v) is 9.28. The van der Waals surface area contributed by atoms with E-state index in [4.69, 9.17) is 0 Å². The Labute approximate surface area is 133 Å². The van der Waals surface area contributed by atoms with Crippen LogP contribution in [0.3, 0.4) is 0 Å². The fourth-order valence-corrected chi connectivity index (χ4v) is 7.10. The van der Waals surface area contributed by atoms with Gasteiger partial charge in [0.2, 0.25) is 0 Å². The van der Waals surface area contributed by atoms with Crippen LogP contribution in [0.5, 0.6) is 0 Å². The molecule has 4 rings (SSSR count). The second kappa shape index (κ2) is 4.80. The van der Waals surface area contributed by atoms with Crippen LogP contribution in [-0.2, 0) is 4.79 Å². The number of rotatable bonds is 0. The number of fused-ring (bicyclic) bond motifs is 5. The van der Waals surface area contributed by atoms with E-state index in [2.05, 4.69) is 13.8 Å². The number of aliphatic hydroxyl groups excluding tert-OH is 2. The van der Waals surface area contributed by atoms with Crippen molar-refractivity contribution in [2.24, 2.45) is 34.5 Å². The molecule has 0 unspecified atom stereocenters. The molecule has 22 heavy (non-hydrogen) atoms. The highest BCUT2D eigenvalue weighted by atomic mass is 16.3. The summed E-state index contributed by atoms with van der Waals surface area (Å²) in [5.41, 5.74) is 0.0952. The van der Waals surface area contributed by atoms with Gasteiger partial charge in [-0.15, -0.1) is 0 Å². The van der Waals surface area contributed by atoms with Crippen LogP contribution in [0.4, 0.5) is 0 Å². The molecule has 3 heteroatoms. The molecule has 0 aromatic carbocycles. The Kier molecular flexibility index (Phi) is 3.30. The van der Waals surface area contributed by atoms with Gasteiger partial charge in [0.1, 0.15) is 5.78 Å². The Bertz CT molecular complexity index is 489. The van der Waals surface area contributed by atoms with E-state index in [1.54, 1.807) is 0 Å². The number of aliphatic hydroxyl groups is 2. The molecule has 3 nitrogen and oxygen atoms in total. The molecule has 0 heterocycles. The van der Waals surface area contributed by atoms with Gasteiger partial charge in [-0.3, -0.25) is 4.79 Å². The first-order valence-electron chi connectivity index (χ1n) is 9.24. The molecule has 0 aromatic heterocycles. The predicted octanol–water partition coefficient (Wildman–Crippen LogP) is 2.93. The molecule has 124 valence electrons. The fraction of sp³-hybridized carbons (Fsp3) is 0.947. The van der Waals surface area contributed by atoms with E-state index in [1.165, 1.54) is 0 Å². The monoisotopic (exact) mass is 306 g/mol. The lowest BCUT2D eigenvalue weighted by molar-refractivity contribution is -0.164. The number of carbonyl (C=O) groups is 1. The Balaban J connectivity index is 1.71. The van der Waals surface area contributed by atoms with Crippen LogP contribution < -0.4 is 0 Å². The second-order valence-electron chi connectivity index (χ2n) is 9.28. The maximum absolute atomic E-state index is 13.1. The normalized spacial score (nSPS) is 57.9. The molecule has 0 saturated heterocycles. The Hall–Kier alpha value is -0.410. The molecular weight excluding hydrogens is 276 g/mol. The molecule has 0 aliphatic heterocycles. The van der Waals surface area contributed by atoms with Gasteiger partial charge in [0.05, 0.1) is 12.2 Å². The topological polar surface area (TPSA) is 57.5 Å². The maximum atomic E-state index is 13.1. The molecule has 0 spiro atoms. The third kappa shape index (κ3) is 1.91. The number of hydrogen-bond acceptors (Lipinski definition) is 3. The summed E-state index contributed by atoms with van der Waals surface area (Å²) in [6, 6.07) is 0. The molecule has 0 amide bonds. The van der Waals surface area contributed by atoms with Crippen LogP contribution >= 0.6 is 0 Å². The highest BCUT2D eigenvalue weighted by Crippen LogP contribution is 2.65. The quantitative estimate of drug-likeness (QED) is 0.723. The van der Waals surface area contributed by atoms with E-state index in [0.29, 0.717) is 30.0 Å². The summed E-state index contributed by atoms with van der Waals surface area (Å²) in [5.74, 6) is 1.77. The summed E-state index contributed by atoms with van der Waals surface area (Å²) in [6.45, 7) is 4.54. The SMILES string of the molecule is C[C@]12CC[C@H](O)[C@@H]1[C@@H]1CC[C@H]3C[C@H](O)CC[C@@]3(C)[C@H]1C(=O)C2. The highest BCUT2D eigenvalue weighted by Gasteiger charge is 2.62. The zero-order valence-corrected chi connectivity index (χ0v) is 13.9. The highest BCUT2D eigenvalue weighted by molar-refractivity contribution is 5.84. The minimum absolute atomic E-state index is 0.0368. The van der Waals surface area contributed by atoms with Gasteiger partial charge in [0.25, 0.3) is 0 Å². The first-order valence-corrected chi connectivity index (χ1v) is 9.24. The predicted molar refractivity (Wildman–Crippen MR) is 84.1 cm³/mol. The van der Waals surface area contributed by atoms with Crippen LogP contribution in [0.25, 0.3) is 0 Å². The summed E-state index contributed by atoms with van der Waals surface area (Å²) in [6.07, 6.45) is 7.05. The largest absolute Gasteiger partial charge is 0.393 e. The van der Waals surface area contributed by atoms with Crippen molar-refractivity contribution in [3.8, 4) is 0 Å². The molecular formula is C19H30O3. The van der Waals surface area contributed by atoms with Gasteiger partial charge in [-0.1, -0.05) is 13.8 Å². The van der Waals surface area contributed by atoms with Gasteiger partial charge in [-0.05, 0) is 73.5 Å². The molecule has 2 N–H and O–H groups in total. The Morgan fingerprint density at radius 3 is 2.59 bits per heavy atom. The zero-order chi connectivity index (χ0) is 15.7. The summed E-state index contributed by atoms with van der Waals surface area (Å²) in [4.78, 5) is 13.1. The minimum atomic E-state index is -0.208. The Morgan fingerprint density at radius 2 is 1.82 bits per heavy atom. The first kappa shape index (κ1) is 15.1. The molecule has 4 aliphatic carbocycles. The number of hydrogen-bond donors (Lipinski definition) is 2. The standard InChI is InChI=1S/C19H30O3/c1-18-7-6-14(21)16(18)13-4-3-11-9-12(20)5-8-19(11,2)17(13)15(22)10-18/h11-14,16-17,20-21H,3-10H2,1-2H3/t11-,12+,13-,14-,16-,17+,18+,19+/m0/s1. The van der Waals surface area contributed by atoms with Gasteiger partial charge in [-0.2, -0.15) is 0 Å². The number of Topliss-reactive ketones (excluding diaryl/α,β-unsaturated/α-hetero) is 1. The summed E-state index contributed by atoms with van der Waals surface area (Å²) >= 11 is 0. The van der Waals surface area contributed by atoms with Crippen LogP contribution in [0.15, 0.2) is 0 Å². The van der Waals surface area contributed by atoms with E-state index >= 15 is 0 Å². The van der Waals surface area contributed by atoms with Gasteiger partial charge in [0, 0.05) is 12.3 Å². The third-order valence-electron chi connectivity index (χ3n) is 8.11. The number of ketones is 1. The van der Waals surface area contributed by atoms with Crippen LogP contribution in [0, 0.1) is 34.5 Å². The van der Waals surface area contributed by atoms with E-state index in [-0.39, 0.29) is 29.0 Å². The number of carbonyl (C=O) groups excluding carboxylic acids is 1. The van der Waals surface area contributed by atoms with Gasteiger partial charge in [-0.25, -0.2) is 0 Å². The first-order chi connectivity index (χ1) is 10.3. The average molecular weight is 306 g/mol. The van der Waals surface area contributed by atoms with E-state index in [0.717, 1.165) is 44.9 Å². The van der Waals surface area contributed by atoms with Crippen molar-refractivity contribution < 1.29 is 15.0 Å². The van der Waals surface area contributed by atoms with Crippen molar-refractivity contribution in [1.82, 2.24) is 0 Å². The fourth-order valence-electron chi connectivity index (χ4n) is 7.10. The summed E-state index contributed by atoms with van der Waals surface area (Å²) in [7, 11) is 0. The van der Waals surface area contributed by atoms with Crippen molar-refractivity contribution in [2.75, 3.05) is 0 Å². The molecule has 8 atom stereocenters. The van der Waals surface area contributed by atoms with E-state index in [1.807, 2.05) is 0 Å². The lowest BCUT2D eigenvalue weighted by atomic mass is 9.44. The smallest absolute Gasteiger partial charge is 0.137 e. The molecule has 0 aromatic rings. The Morgan fingerprint density at radius 1 is 1.05 bits per heavy atom. The van der Waals surface area contributed by atoms with Crippen molar-refractivity contribution in [3.63, 3.8) is 0 Å².